The number of aliphatic imine (C=N–C) groups is 1. The number of halogens is 1. The molecule has 0 unspecified atom stereocenters. The molecule has 1 aromatic carbocycles. The van der Waals surface area contributed by atoms with Gasteiger partial charge in [-0.1, -0.05) is 17.7 Å². The van der Waals surface area contributed by atoms with Gasteiger partial charge in [0.2, 0.25) is 5.91 Å². The first-order valence-electron chi connectivity index (χ1n) is 8.58. The Bertz CT molecular complexity index is 557. The first-order chi connectivity index (χ1) is 11.6. The Kier molecular flexibility index (Phi) is 10.3. The Balaban J connectivity index is 0.00000312. The summed E-state index contributed by atoms with van der Waals surface area (Å²) in [6.45, 7) is 10.7. The molecule has 1 heterocycles. The fourth-order valence-corrected chi connectivity index (χ4v) is 3.36. The van der Waals surface area contributed by atoms with E-state index in [0.717, 1.165) is 51.0 Å². The zero-order valence-electron chi connectivity index (χ0n) is 15.3. The monoisotopic (exact) mass is 476 g/mol. The first-order valence-corrected chi connectivity index (χ1v) is 9.57. The molecule has 1 fully saturated rings. The van der Waals surface area contributed by atoms with Gasteiger partial charge in [0.15, 0.2) is 5.96 Å². The van der Waals surface area contributed by atoms with E-state index in [1.165, 1.54) is 10.5 Å². The normalized spacial score (nSPS) is 14.9. The lowest BCUT2D eigenvalue weighted by Crippen LogP contribution is -2.53. The minimum atomic E-state index is 0. The Morgan fingerprint density at radius 2 is 1.76 bits per heavy atom. The molecule has 0 aromatic heterocycles. The number of thioether (sulfide) groups is 1. The summed E-state index contributed by atoms with van der Waals surface area (Å²) in [5, 5.41) is 3.37. The van der Waals surface area contributed by atoms with E-state index in [2.05, 4.69) is 48.3 Å². The molecule has 0 atom stereocenters. The molecule has 1 aromatic rings. The number of aryl methyl sites for hydroxylation is 1. The highest BCUT2D eigenvalue weighted by atomic mass is 127. The maximum Gasteiger partial charge on any atom is 0.219 e. The SMILES string of the molecule is CCNC(=NCCSc1ccc(C)cc1)N1CCN(C(C)=O)CC1.I. The van der Waals surface area contributed by atoms with Crippen LogP contribution in [0.5, 0.6) is 0 Å². The van der Waals surface area contributed by atoms with Crippen molar-refractivity contribution in [3.63, 3.8) is 0 Å². The number of hydrogen-bond acceptors (Lipinski definition) is 3. The summed E-state index contributed by atoms with van der Waals surface area (Å²) < 4.78 is 0. The van der Waals surface area contributed by atoms with Crippen molar-refractivity contribution in [1.82, 2.24) is 15.1 Å². The molecule has 1 aliphatic rings. The number of guanidine groups is 1. The minimum Gasteiger partial charge on any atom is -0.357 e. The topological polar surface area (TPSA) is 47.9 Å². The number of hydrogen-bond donors (Lipinski definition) is 1. The fourth-order valence-electron chi connectivity index (χ4n) is 2.61. The van der Waals surface area contributed by atoms with E-state index < -0.39 is 0 Å². The van der Waals surface area contributed by atoms with E-state index in [1.807, 2.05) is 16.7 Å². The van der Waals surface area contributed by atoms with Crippen molar-refractivity contribution >= 4 is 47.6 Å². The highest BCUT2D eigenvalue weighted by molar-refractivity contribution is 14.0. The second-order valence-electron chi connectivity index (χ2n) is 5.89. The summed E-state index contributed by atoms with van der Waals surface area (Å²) in [5.74, 6) is 2.09. The average Bonchev–Trinajstić information content (AvgIpc) is 2.59. The van der Waals surface area contributed by atoms with Gasteiger partial charge in [0.05, 0.1) is 6.54 Å². The molecule has 25 heavy (non-hydrogen) atoms. The minimum absolute atomic E-state index is 0. The van der Waals surface area contributed by atoms with Crippen LogP contribution in [-0.2, 0) is 4.79 Å². The van der Waals surface area contributed by atoms with Gasteiger partial charge in [0.25, 0.3) is 0 Å². The van der Waals surface area contributed by atoms with Gasteiger partial charge in [-0.05, 0) is 26.0 Å². The largest absolute Gasteiger partial charge is 0.357 e. The maximum atomic E-state index is 11.4. The Morgan fingerprint density at radius 1 is 1.16 bits per heavy atom. The Labute approximate surface area is 172 Å². The predicted octanol–water partition coefficient (Wildman–Crippen LogP) is 2.83. The summed E-state index contributed by atoms with van der Waals surface area (Å²) >= 11 is 1.83. The van der Waals surface area contributed by atoms with Gasteiger partial charge in [-0.3, -0.25) is 9.79 Å². The van der Waals surface area contributed by atoms with E-state index >= 15 is 0 Å². The van der Waals surface area contributed by atoms with Gasteiger partial charge in [-0.2, -0.15) is 0 Å². The van der Waals surface area contributed by atoms with Crippen molar-refractivity contribution in [2.24, 2.45) is 4.99 Å². The van der Waals surface area contributed by atoms with Crippen molar-refractivity contribution < 1.29 is 4.79 Å². The van der Waals surface area contributed by atoms with Gasteiger partial charge < -0.3 is 15.1 Å². The molecule has 0 saturated carbocycles. The molecule has 0 aliphatic carbocycles. The number of piperazine rings is 1. The third-order valence-corrected chi connectivity index (χ3v) is 4.99. The molecule has 1 amide bonds. The molecule has 0 spiro atoms. The Hall–Kier alpha value is -0.960. The van der Waals surface area contributed by atoms with Gasteiger partial charge in [-0.25, -0.2) is 0 Å². The standard InChI is InChI=1S/C18H28N4OS.HI/c1-4-19-18(22-12-10-21(11-13-22)16(3)23)20-9-14-24-17-7-5-15(2)6-8-17;/h5-8H,4,9-14H2,1-3H3,(H,19,20);1H. The number of benzene rings is 1. The highest BCUT2D eigenvalue weighted by Gasteiger charge is 2.20. The first kappa shape index (κ1) is 22.1. The van der Waals surface area contributed by atoms with Crippen molar-refractivity contribution in [2.75, 3.05) is 45.0 Å². The second-order valence-corrected chi connectivity index (χ2v) is 7.06. The fraction of sp³-hybridized carbons (Fsp3) is 0.556. The van der Waals surface area contributed by atoms with Crippen LogP contribution in [-0.4, -0.2) is 66.7 Å². The molecule has 1 N–H and O–H groups in total. The van der Waals surface area contributed by atoms with Crippen LogP contribution >= 0.6 is 35.7 Å². The van der Waals surface area contributed by atoms with Crippen LogP contribution in [0, 0.1) is 6.92 Å². The lowest BCUT2D eigenvalue weighted by molar-refractivity contribution is -0.130. The zero-order chi connectivity index (χ0) is 17.4. The molecular formula is C18H29IN4OS. The summed E-state index contributed by atoms with van der Waals surface area (Å²) in [4.78, 5) is 21.6. The number of rotatable bonds is 5. The summed E-state index contributed by atoms with van der Waals surface area (Å²) in [5.41, 5.74) is 1.29. The van der Waals surface area contributed by atoms with Crippen LogP contribution in [0.15, 0.2) is 34.2 Å². The third-order valence-electron chi connectivity index (χ3n) is 4.00. The second kappa shape index (κ2) is 11.6. The smallest absolute Gasteiger partial charge is 0.219 e. The molecular weight excluding hydrogens is 447 g/mol. The van der Waals surface area contributed by atoms with Crippen molar-refractivity contribution in [2.45, 2.75) is 25.7 Å². The van der Waals surface area contributed by atoms with Crippen molar-refractivity contribution in [3.05, 3.63) is 29.8 Å². The van der Waals surface area contributed by atoms with Crippen LogP contribution in [0.25, 0.3) is 0 Å². The summed E-state index contributed by atoms with van der Waals surface area (Å²) in [6, 6.07) is 8.61. The van der Waals surface area contributed by atoms with Gasteiger partial charge in [-0.15, -0.1) is 35.7 Å². The predicted molar refractivity (Wildman–Crippen MR) is 117 cm³/mol. The van der Waals surface area contributed by atoms with Crippen LogP contribution in [0.3, 0.4) is 0 Å². The summed E-state index contributed by atoms with van der Waals surface area (Å²) in [7, 11) is 0. The molecule has 5 nitrogen and oxygen atoms in total. The Morgan fingerprint density at radius 3 is 2.32 bits per heavy atom. The zero-order valence-corrected chi connectivity index (χ0v) is 18.5. The van der Waals surface area contributed by atoms with E-state index in [9.17, 15) is 4.79 Å². The van der Waals surface area contributed by atoms with Gasteiger partial charge >= 0.3 is 0 Å². The molecule has 7 heteroatoms. The van der Waals surface area contributed by atoms with E-state index in [-0.39, 0.29) is 29.9 Å². The average molecular weight is 476 g/mol. The van der Waals surface area contributed by atoms with Crippen LogP contribution < -0.4 is 5.32 Å². The lowest BCUT2D eigenvalue weighted by atomic mass is 10.2. The van der Waals surface area contributed by atoms with Crippen molar-refractivity contribution in [1.29, 1.82) is 0 Å². The maximum absolute atomic E-state index is 11.4. The highest BCUT2D eigenvalue weighted by Crippen LogP contribution is 2.17. The molecule has 140 valence electrons. The number of nitrogens with zero attached hydrogens (tertiary/aromatic N) is 3. The van der Waals surface area contributed by atoms with Crippen molar-refractivity contribution in [3.8, 4) is 0 Å². The summed E-state index contributed by atoms with van der Waals surface area (Å²) in [6.07, 6.45) is 0. The molecule has 0 bridgehead atoms. The number of carbonyl (C=O) groups is 1. The molecule has 2 rings (SSSR count). The van der Waals surface area contributed by atoms with Crippen LogP contribution in [0.1, 0.15) is 19.4 Å². The van der Waals surface area contributed by atoms with E-state index in [4.69, 9.17) is 4.99 Å². The quantitative estimate of drug-likeness (QED) is 0.234. The molecule has 1 saturated heterocycles. The lowest BCUT2D eigenvalue weighted by Gasteiger charge is -2.36. The number of amides is 1. The number of carbonyl (C=O) groups excluding carboxylic acids is 1. The molecule has 1 aliphatic heterocycles. The third kappa shape index (κ3) is 7.43. The van der Waals surface area contributed by atoms with Crippen LogP contribution in [0.2, 0.25) is 0 Å². The molecule has 0 radical (unpaired) electrons. The van der Waals surface area contributed by atoms with Gasteiger partial charge in [0.1, 0.15) is 0 Å². The van der Waals surface area contributed by atoms with E-state index in [0.29, 0.717) is 0 Å². The van der Waals surface area contributed by atoms with Gasteiger partial charge in [0, 0.05) is 50.3 Å². The van der Waals surface area contributed by atoms with E-state index in [1.54, 1.807) is 6.92 Å². The van der Waals surface area contributed by atoms with Crippen LogP contribution in [0.4, 0.5) is 0 Å². The number of nitrogens with one attached hydrogen (secondary N) is 1.